The molecule has 2 N–H and O–H groups in total. The number of hydrogen-bond acceptors (Lipinski definition) is 5. The SMILES string of the molecule is C[C@H]1C[C@@H](c2ccncc2CC(=O)c2csc(-c3c(F)cccc3F)n2)C[C@@H](N)[C@H]1F. The van der Waals surface area contributed by atoms with Crippen molar-refractivity contribution in [1.29, 1.82) is 0 Å². The Hall–Kier alpha value is -2.58. The Balaban J connectivity index is 1.56. The molecule has 0 bridgehead atoms. The highest BCUT2D eigenvalue weighted by molar-refractivity contribution is 7.13. The van der Waals surface area contributed by atoms with Crippen LogP contribution in [-0.4, -0.2) is 28.0 Å². The predicted octanol–water partition coefficient (Wildman–Crippen LogP) is 5.09. The van der Waals surface area contributed by atoms with Gasteiger partial charge in [-0.25, -0.2) is 18.2 Å². The molecule has 3 aromatic rings. The number of nitrogens with zero attached hydrogens (tertiary/aromatic N) is 2. The van der Waals surface area contributed by atoms with Gasteiger partial charge in [0.15, 0.2) is 5.78 Å². The van der Waals surface area contributed by atoms with Crippen LogP contribution >= 0.6 is 11.3 Å². The Morgan fingerprint density at radius 3 is 2.68 bits per heavy atom. The van der Waals surface area contributed by atoms with Gasteiger partial charge in [0.2, 0.25) is 0 Å². The minimum Gasteiger partial charge on any atom is -0.325 e. The Morgan fingerprint density at radius 1 is 1.23 bits per heavy atom. The van der Waals surface area contributed by atoms with Crippen molar-refractivity contribution in [3.05, 3.63) is 70.5 Å². The van der Waals surface area contributed by atoms with Crippen molar-refractivity contribution in [2.24, 2.45) is 11.7 Å². The van der Waals surface area contributed by atoms with Crippen LogP contribution in [0.4, 0.5) is 13.2 Å². The minimum atomic E-state index is -1.03. The number of benzene rings is 1. The molecular weight excluding hydrogens is 423 g/mol. The number of Topliss-reactive ketones (excluding diaryl/α,β-unsaturated/α-hetero) is 1. The van der Waals surface area contributed by atoms with E-state index in [9.17, 15) is 18.0 Å². The third-order valence-corrected chi connectivity index (χ3v) is 6.72. The fraction of sp³-hybridized carbons (Fsp3) is 0.348. The van der Waals surface area contributed by atoms with E-state index in [4.69, 9.17) is 5.73 Å². The molecule has 162 valence electrons. The zero-order chi connectivity index (χ0) is 22.1. The first-order valence-electron chi connectivity index (χ1n) is 10.1. The first-order valence-corrected chi connectivity index (χ1v) is 11.0. The van der Waals surface area contributed by atoms with Gasteiger partial charge < -0.3 is 5.73 Å². The van der Waals surface area contributed by atoms with Crippen LogP contribution in [0.25, 0.3) is 10.6 Å². The first-order chi connectivity index (χ1) is 14.8. The van der Waals surface area contributed by atoms with E-state index in [1.54, 1.807) is 12.4 Å². The molecule has 0 spiro atoms. The standard InChI is InChI=1S/C23H22F3N3OS/c1-12-7-13(8-18(27)22(12)26)15-5-6-28-10-14(15)9-20(30)19-11-31-23(29-19)21-16(24)3-2-4-17(21)25/h2-6,10-13,18,22H,7-9,27H2,1H3/t12-,13+,18+,22-/m0/s1. The largest absolute Gasteiger partial charge is 0.325 e. The lowest BCUT2D eigenvalue weighted by Crippen LogP contribution is -2.42. The third-order valence-electron chi connectivity index (χ3n) is 5.86. The van der Waals surface area contributed by atoms with Gasteiger partial charge in [0.05, 0.1) is 5.56 Å². The number of aromatic nitrogens is 2. The predicted molar refractivity (Wildman–Crippen MR) is 114 cm³/mol. The quantitative estimate of drug-likeness (QED) is 0.556. The maximum absolute atomic E-state index is 14.1. The molecule has 1 saturated carbocycles. The van der Waals surface area contributed by atoms with E-state index >= 15 is 0 Å². The van der Waals surface area contributed by atoms with E-state index < -0.39 is 23.8 Å². The highest BCUT2D eigenvalue weighted by Gasteiger charge is 2.35. The number of carbonyl (C=O) groups is 1. The topological polar surface area (TPSA) is 68.9 Å². The maximum atomic E-state index is 14.1. The molecule has 2 heterocycles. The van der Waals surface area contributed by atoms with Gasteiger partial charge in [-0.15, -0.1) is 11.3 Å². The number of carbonyl (C=O) groups excluding carboxylic acids is 1. The maximum Gasteiger partial charge on any atom is 0.186 e. The van der Waals surface area contributed by atoms with Crippen molar-refractivity contribution < 1.29 is 18.0 Å². The number of nitrogens with two attached hydrogens (primary N) is 1. The molecule has 1 fully saturated rings. The molecule has 0 saturated heterocycles. The molecule has 4 nitrogen and oxygen atoms in total. The smallest absolute Gasteiger partial charge is 0.186 e. The molecule has 0 amide bonds. The van der Waals surface area contributed by atoms with Crippen LogP contribution < -0.4 is 5.73 Å². The molecule has 0 radical (unpaired) electrons. The zero-order valence-electron chi connectivity index (χ0n) is 16.9. The van der Waals surface area contributed by atoms with Crippen LogP contribution in [0.3, 0.4) is 0 Å². The lowest BCUT2D eigenvalue weighted by Gasteiger charge is -2.35. The van der Waals surface area contributed by atoms with Crippen molar-refractivity contribution in [3.8, 4) is 10.6 Å². The first kappa shape index (κ1) is 21.6. The minimum absolute atomic E-state index is 0.0429. The molecule has 4 rings (SSSR count). The highest BCUT2D eigenvalue weighted by Crippen LogP contribution is 2.38. The van der Waals surface area contributed by atoms with E-state index in [2.05, 4.69) is 9.97 Å². The van der Waals surface area contributed by atoms with Crippen LogP contribution in [-0.2, 0) is 6.42 Å². The fourth-order valence-corrected chi connectivity index (χ4v) is 5.15. The number of hydrogen-bond donors (Lipinski definition) is 1. The summed E-state index contributed by atoms with van der Waals surface area (Å²) in [5, 5.41) is 1.62. The number of ketones is 1. The third kappa shape index (κ3) is 4.41. The summed E-state index contributed by atoms with van der Waals surface area (Å²) in [6.45, 7) is 1.85. The molecule has 1 aromatic carbocycles. The second kappa shape index (κ2) is 8.88. The lowest BCUT2D eigenvalue weighted by atomic mass is 9.74. The molecule has 31 heavy (non-hydrogen) atoms. The Morgan fingerprint density at radius 2 is 1.97 bits per heavy atom. The van der Waals surface area contributed by atoms with E-state index in [0.29, 0.717) is 12.8 Å². The van der Waals surface area contributed by atoms with Crippen molar-refractivity contribution in [3.63, 3.8) is 0 Å². The normalized spacial score (nSPS) is 23.6. The summed E-state index contributed by atoms with van der Waals surface area (Å²) >= 11 is 1.02. The zero-order valence-corrected chi connectivity index (χ0v) is 17.7. The van der Waals surface area contributed by atoms with Crippen molar-refractivity contribution in [2.45, 2.75) is 44.3 Å². The average Bonchev–Trinajstić information content (AvgIpc) is 3.22. The second-order valence-corrected chi connectivity index (χ2v) is 8.92. The highest BCUT2D eigenvalue weighted by atomic mass is 32.1. The van der Waals surface area contributed by atoms with Crippen LogP contribution in [0.15, 0.2) is 42.0 Å². The number of pyridine rings is 1. The summed E-state index contributed by atoms with van der Waals surface area (Å²) in [5.41, 5.74) is 7.58. The molecule has 2 aromatic heterocycles. The molecule has 1 aliphatic rings. The van der Waals surface area contributed by atoms with Gasteiger partial charge in [-0.05, 0) is 54.0 Å². The average molecular weight is 446 g/mol. The van der Waals surface area contributed by atoms with Crippen LogP contribution in [0.5, 0.6) is 0 Å². The Labute approximate surface area is 182 Å². The fourth-order valence-electron chi connectivity index (χ4n) is 4.28. The van der Waals surface area contributed by atoms with Crippen molar-refractivity contribution >= 4 is 17.1 Å². The van der Waals surface area contributed by atoms with Crippen LogP contribution in [0.1, 0.15) is 47.3 Å². The van der Waals surface area contributed by atoms with Crippen LogP contribution in [0, 0.1) is 17.6 Å². The molecule has 8 heteroatoms. The molecule has 4 atom stereocenters. The number of rotatable bonds is 5. The van der Waals surface area contributed by atoms with Gasteiger partial charge in [0, 0.05) is 30.2 Å². The molecular formula is C23H22F3N3OS. The summed E-state index contributed by atoms with van der Waals surface area (Å²) < 4.78 is 42.2. The molecule has 0 unspecified atom stereocenters. The number of thiazole rings is 1. The second-order valence-electron chi connectivity index (χ2n) is 8.06. The Kier molecular flexibility index (Phi) is 6.20. The van der Waals surface area contributed by atoms with Gasteiger partial charge in [-0.1, -0.05) is 13.0 Å². The van der Waals surface area contributed by atoms with Gasteiger partial charge in [-0.3, -0.25) is 9.78 Å². The van der Waals surface area contributed by atoms with Crippen molar-refractivity contribution in [1.82, 2.24) is 9.97 Å². The summed E-state index contributed by atoms with van der Waals surface area (Å²) in [6.07, 6.45) is 3.45. The summed E-state index contributed by atoms with van der Waals surface area (Å²) in [6, 6.07) is 4.90. The monoisotopic (exact) mass is 445 g/mol. The van der Waals surface area contributed by atoms with E-state index in [-0.39, 0.29) is 40.3 Å². The van der Waals surface area contributed by atoms with E-state index in [0.717, 1.165) is 34.6 Å². The molecule has 1 aliphatic carbocycles. The number of halogens is 3. The Bertz CT molecular complexity index is 1070. The lowest BCUT2D eigenvalue weighted by molar-refractivity contribution is 0.0987. The van der Waals surface area contributed by atoms with Gasteiger partial charge in [0.25, 0.3) is 0 Å². The van der Waals surface area contributed by atoms with Gasteiger partial charge in [-0.2, -0.15) is 0 Å². The summed E-state index contributed by atoms with van der Waals surface area (Å²) in [5.74, 6) is -1.85. The molecule has 0 aliphatic heterocycles. The number of alkyl halides is 1. The van der Waals surface area contributed by atoms with Crippen LogP contribution in [0.2, 0.25) is 0 Å². The summed E-state index contributed by atoms with van der Waals surface area (Å²) in [7, 11) is 0. The van der Waals surface area contributed by atoms with E-state index in [1.807, 2.05) is 13.0 Å². The van der Waals surface area contributed by atoms with E-state index in [1.165, 1.54) is 11.4 Å². The van der Waals surface area contributed by atoms with Gasteiger partial charge in [0.1, 0.15) is 28.5 Å². The summed E-state index contributed by atoms with van der Waals surface area (Å²) in [4.78, 5) is 21.2. The van der Waals surface area contributed by atoms with Crippen molar-refractivity contribution in [2.75, 3.05) is 0 Å². The van der Waals surface area contributed by atoms with Gasteiger partial charge >= 0.3 is 0 Å².